The van der Waals surface area contributed by atoms with E-state index in [-0.39, 0.29) is 5.91 Å². The Morgan fingerprint density at radius 1 is 1.62 bits per heavy atom. The van der Waals surface area contributed by atoms with Gasteiger partial charge in [-0.05, 0) is 12.8 Å². The number of nitrogens with zero attached hydrogens (tertiary/aromatic N) is 1. The maximum Gasteiger partial charge on any atom is 0.219 e. The highest BCUT2D eigenvalue weighted by atomic mass is 16.5. The Kier molecular flexibility index (Phi) is 3.96. The molecule has 1 aliphatic rings. The van der Waals surface area contributed by atoms with Crippen LogP contribution in [0.3, 0.4) is 0 Å². The molecule has 0 N–H and O–H groups in total. The van der Waals surface area contributed by atoms with Crippen molar-refractivity contribution in [2.45, 2.75) is 25.9 Å². The molecule has 1 saturated heterocycles. The van der Waals surface area contributed by atoms with Crippen LogP contribution in [0.15, 0.2) is 12.7 Å². The number of hydrogen-bond donors (Lipinski definition) is 0. The molecule has 0 bridgehead atoms. The summed E-state index contributed by atoms with van der Waals surface area (Å²) in [4.78, 5) is 12.9. The summed E-state index contributed by atoms with van der Waals surface area (Å²) >= 11 is 0. The Morgan fingerprint density at radius 2 is 2.23 bits per heavy atom. The van der Waals surface area contributed by atoms with Crippen LogP contribution < -0.4 is 0 Å². The average molecular weight is 183 g/mol. The van der Waals surface area contributed by atoms with Crippen LogP contribution >= 0.6 is 0 Å². The van der Waals surface area contributed by atoms with Gasteiger partial charge in [-0.2, -0.15) is 0 Å². The molecule has 0 unspecified atom stereocenters. The molecule has 0 aromatic heterocycles. The zero-order chi connectivity index (χ0) is 9.68. The van der Waals surface area contributed by atoms with Crippen molar-refractivity contribution in [3.63, 3.8) is 0 Å². The summed E-state index contributed by atoms with van der Waals surface area (Å²) in [7, 11) is 0. The Labute approximate surface area is 79.4 Å². The molecule has 3 nitrogen and oxygen atoms in total. The summed E-state index contributed by atoms with van der Waals surface area (Å²) in [6.07, 6.45) is 3.98. The van der Waals surface area contributed by atoms with E-state index in [9.17, 15) is 4.79 Å². The molecule has 3 heteroatoms. The van der Waals surface area contributed by atoms with Crippen molar-refractivity contribution >= 4 is 5.91 Å². The van der Waals surface area contributed by atoms with Gasteiger partial charge in [-0.25, -0.2) is 0 Å². The third kappa shape index (κ3) is 3.19. The van der Waals surface area contributed by atoms with E-state index in [0.717, 1.165) is 25.9 Å². The fourth-order valence-electron chi connectivity index (χ4n) is 1.54. The molecule has 1 amide bonds. The number of carbonyl (C=O) groups is 1. The quantitative estimate of drug-likeness (QED) is 0.615. The predicted molar refractivity (Wildman–Crippen MR) is 51.4 cm³/mol. The zero-order valence-corrected chi connectivity index (χ0v) is 8.16. The lowest BCUT2D eigenvalue weighted by Gasteiger charge is -2.30. The fourth-order valence-corrected chi connectivity index (χ4v) is 1.54. The van der Waals surface area contributed by atoms with Crippen molar-refractivity contribution in [3.8, 4) is 0 Å². The number of hydrogen-bond acceptors (Lipinski definition) is 2. The third-order valence-electron chi connectivity index (χ3n) is 2.34. The number of rotatable bonds is 3. The Bertz CT molecular complexity index is 183. The minimum absolute atomic E-state index is 0.169. The van der Waals surface area contributed by atoms with Gasteiger partial charge in [-0.3, -0.25) is 4.79 Å². The summed E-state index contributed by atoms with van der Waals surface area (Å²) in [6.45, 7) is 7.49. The second-order valence-corrected chi connectivity index (χ2v) is 3.33. The van der Waals surface area contributed by atoms with E-state index in [0.29, 0.717) is 12.7 Å². The molecular weight excluding hydrogens is 166 g/mol. The lowest BCUT2D eigenvalue weighted by Crippen LogP contribution is -2.39. The topological polar surface area (TPSA) is 29.5 Å². The van der Waals surface area contributed by atoms with E-state index in [1.165, 1.54) is 0 Å². The first-order chi connectivity index (χ1) is 6.24. The first-order valence-electron chi connectivity index (χ1n) is 4.72. The molecule has 0 spiro atoms. The molecule has 1 fully saturated rings. The number of amides is 1. The van der Waals surface area contributed by atoms with E-state index in [1.807, 2.05) is 4.90 Å². The molecule has 0 aromatic rings. The van der Waals surface area contributed by atoms with Gasteiger partial charge in [0.1, 0.15) is 0 Å². The standard InChI is InChI=1S/C10H17NO2/c1-3-8-13-10-4-6-11(7-5-10)9(2)12/h3,10H,1,4-8H2,2H3. The highest BCUT2D eigenvalue weighted by molar-refractivity contribution is 5.73. The maximum atomic E-state index is 11.0. The van der Waals surface area contributed by atoms with Gasteiger partial charge in [0.2, 0.25) is 5.91 Å². The normalized spacial score (nSPS) is 18.7. The van der Waals surface area contributed by atoms with Crippen molar-refractivity contribution in [2.75, 3.05) is 19.7 Å². The average Bonchev–Trinajstić information content (AvgIpc) is 2.15. The summed E-state index contributed by atoms with van der Waals surface area (Å²) in [5.41, 5.74) is 0. The summed E-state index contributed by atoms with van der Waals surface area (Å²) in [5.74, 6) is 0.169. The highest BCUT2D eigenvalue weighted by Crippen LogP contribution is 2.13. The molecule has 0 saturated carbocycles. The van der Waals surface area contributed by atoms with Crippen LogP contribution in [0.5, 0.6) is 0 Å². The second kappa shape index (κ2) is 5.02. The summed E-state index contributed by atoms with van der Waals surface area (Å²) in [5, 5.41) is 0. The van der Waals surface area contributed by atoms with Gasteiger partial charge >= 0.3 is 0 Å². The van der Waals surface area contributed by atoms with E-state index in [1.54, 1.807) is 13.0 Å². The predicted octanol–water partition coefficient (Wildman–Crippen LogP) is 1.20. The van der Waals surface area contributed by atoms with Crippen LogP contribution in [0, 0.1) is 0 Å². The van der Waals surface area contributed by atoms with Crippen molar-refractivity contribution < 1.29 is 9.53 Å². The molecule has 74 valence electrons. The largest absolute Gasteiger partial charge is 0.374 e. The van der Waals surface area contributed by atoms with Gasteiger partial charge < -0.3 is 9.64 Å². The van der Waals surface area contributed by atoms with Crippen LogP contribution in [0.1, 0.15) is 19.8 Å². The van der Waals surface area contributed by atoms with Crippen LogP contribution in [0.2, 0.25) is 0 Å². The first kappa shape index (κ1) is 10.3. The zero-order valence-electron chi connectivity index (χ0n) is 8.16. The van der Waals surface area contributed by atoms with Gasteiger partial charge in [0, 0.05) is 20.0 Å². The maximum absolute atomic E-state index is 11.0. The lowest BCUT2D eigenvalue weighted by atomic mass is 10.1. The van der Waals surface area contributed by atoms with Crippen LogP contribution in [-0.4, -0.2) is 36.6 Å². The molecule has 13 heavy (non-hydrogen) atoms. The second-order valence-electron chi connectivity index (χ2n) is 3.33. The molecule has 0 radical (unpaired) electrons. The SMILES string of the molecule is C=CCOC1CCN(C(C)=O)CC1. The van der Waals surface area contributed by atoms with Crippen molar-refractivity contribution in [1.82, 2.24) is 4.90 Å². The van der Waals surface area contributed by atoms with E-state index >= 15 is 0 Å². The Hall–Kier alpha value is -0.830. The van der Waals surface area contributed by atoms with E-state index in [4.69, 9.17) is 4.74 Å². The first-order valence-corrected chi connectivity index (χ1v) is 4.72. The molecule has 0 aromatic carbocycles. The monoisotopic (exact) mass is 183 g/mol. The summed E-state index contributed by atoms with van der Waals surface area (Å²) in [6, 6.07) is 0. The fraction of sp³-hybridized carbons (Fsp3) is 0.700. The Balaban J connectivity index is 2.22. The van der Waals surface area contributed by atoms with E-state index in [2.05, 4.69) is 6.58 Å². The lowest BCUT2D eigenvalue weighted by molar-refractivity contribution is -0.131. The molecule has 0 atom stereocenters. The smallest absolute Gasteiger partial charge is 0.219 e. The van der Waals surface area contributed by atoms with Gasteiger partial charge in [0.25, 0.3) is 0 Å². The molecule has 1 heterocycles. The number of ether oxygens (including phenoxy) is 1. The number of likely N-dealkylation sites (tertiary alicyclic amines) is 1. The number of carbonyl (C=O) groups excluding carboxylic acids is 1. The van der Waals surface area contributed by atoms with Gasteiger partial charge in [0.05, 0.1) is 12.7 Å². The van der Waals surface area contributed by atoms with Crippen molar-refractivity contribution in [1.29, 1.82) is 0 Å². The van der Waals surface area contributed by atoms with Gasteiger partial charge in [-0.1, -0.05) is 6.08 Å². The van der Waals surface area contributed by atoms with Crippen molar-refractivity contribution in [3.05, 3.63) is 12.7 Å². The van der Waals surface area contributed by atoms with Crippen molar-refractivity contribution in [2.24, 2.45) is 0 Å². The minimum Gasteiger partial charge on any atom is -0.374 e. The van der Waals surface area contributed by atoms with Gasteiger partial charge in [-0.15, -0.1) is 6.58 Å². The number of piperidine rings is 1. The van der Waals surface area contributed by atoms with Crippen LogP contribution in [0.4, 0.5) is 0 Å². The highest BCUT2D eigenvalue weighted by Gasteiger charge is 2.20. The summed E-state index contributed by atoms with van der Waals surface area (Å²) < 4.78 is 5.50. The molecular formula is C10H17NO2. The Morgan fingerprint density at radius 3 is 2.69 bits per heavy atom. The van der Waals surface area contributed by atoms with E-state index < -0.39 is 0 Å². The molecule has 1 aliphatic heterocycles. The minimum atomic E-state index is 0.169. The van der Waals surface area contributed by atoms with Crippen LogP contribution in [0.25, 0.3) is 0 Å². The molecule has 0 aliphatic carbocycles. The van der Waals surface area contributed by atoms with Crippen LogP contribution in [-0.2, 0) is 9.53 Å². The third-order valence-corrected chi connectivity index (χ3v) is 2.34. The molecule has 1 rings (SSSR count). The van der Waals surface area contributed by atoms with Gasteiger partial charge in [0.15, 0.2) is 0 Å².